The van der Waals surface area contributed by atoms with Gasteiger partial charge >= 0.3 is 0 Å². The molecule has 1 amide bonds. The van der Waals surface area contributed by atoms with Crippen molar-refractivity contribution in [2.45, 2.75) is 39.2 Å². The van der Waals surface area contributed by atoms with Gasteiger partial charge in [-0.1, -0.05) is 48.9 Å². The molecule has 0 radical (unpaired) electrons. The van der Waals surface area contributed by atoms with Crippen molar-refractivity contribution in [3.05, 3.63) is 57.7 Å². The van der Waals surface area contributed by atoms with E-state index in [1.54, 1.807) is 0 Å². The van der Waals surface area contributed by atoms with Crippen molar-refractivity contribution in [3.8, 4) is 0 Å². The number of hydrogen-bond acceptors (Lipinski definition) is 3. The highest BCUT2D eigenvalue weighted by atomic mass is 16.6. The number of rotatable bonds is 7. The van der Waals surface area contributed by atoms with E-state index in [0.29, 0.717) is 12.5 Å². The molecule has 0 heterocycles. The SMILES string of the molecule is CCC1=C[C@@H]2[C@H](C1)C[C@@]2(CC(=O)NCc1ccccc1)C[N+](=O)[O-]. The first-order valence-electron chi connectivity index (χ1n) is 8.64. The Morgan fingerprint density at radius 3 is 2.79 bits per heavy atom. The predicted octanol–water partition coefficient (Wildman–Crippen LogP) is 3.33. The summed E-state index contributed by atoms with van der Waals surface area (Å²) in [5, 5.41) is 14.1. The lowest BCUT2D eigenvalue weighted by Crippen LogP contribution is -2.52. The predicted molar refractivity (Wildman–Crippen MR) is 91.8 cm³/mol. The van der Waals surface area contributed by atoms with E-state index in [9.17, 15) is 14.9 Å². The molecule has 24 heavy (non-hydrogen) atoms. The first-order valence-corrected chi connectivity index (χ1v) is 8.64. The molecule has 1 aromatic rings. The standard InChI is InChI=1S/C19H24N2O3/c1-2-14-8-16-10-19(13-21(23)24,17(16)9-14)11-18(22)20-12-15-6-4-3-5-7-15/h3-7,9,16-17H,2,8,10-13H2,1H3,(H,20,22)/t16-,17-,19-/m1/s1. The molecule has 2 aliphatic carbocycles. The Bertz CT molecular complexity index is 656. The first-order chi connectivity index (χ1) is 11.5. The summed E-state index contributed by atoms with van der Waals surface area (Å²) in [6.45, 7) is 2.48. The van der Waals surface area contributed by atoms with Crippen molar-refractivity contribution in [1.82, 2.24) is 5.32 Å². The molecule has 3 atom stereocenters. The minimum Gasteiger partial charge on any atom is -0.352 e. The van der Waals surface area contributed by atoms with Crippen LogP contribution in [0.1, 0.15) is 38.2 Å². The number of allylic oxidation sites excluding steroid dienone is 2. The maximum absolute atomic E-state index is 12.4. The summed E-state index contributed by atoms with van der Waals surface area (Å²) in [6, 6.07) is 9.71. The van der Waals surface area contributed by atoms with Gasteiger partial charge in [0.05, 0.1) is 5.41 Å². The Kier molecular flexibility index (Phi) is 4.69. The second-order valence-electron chi connectivity index (χ2n) is 7.16. The third kappa shape index (κ3) is 3.35. The molecule has 1 N–H and O–H groups in total. The van der Waals surface area contributed by atoms with Crippen LogP contribution in [0.4, 0.5) is 0 Å². The number of carbonyl (C=O) groups excluding carboxylic acids is 1. The van der Waals surface area contributed by atoms with Crippen LogP contribution in [-0.4, -0.2) is 17.4 Å². The van der Waals surface area contributed by atoms with E-state index >= 15 is 0 Å². The van der Waals surface area contributed by atoms with Gasteiger partial charge in [0.2, 0.25) is 12.5 Å². The quantitative estimate of drug-likeness (QED) is 0.474. The Labute approximate surface area is 142 Å². The third-order valence-electron chi connectivity index (χ3n) is 5.57. The van der Waals surface area contributed by atoms with Crippen molar-refractivity contribution in [3.63, 3.8) is 0 Å². The summed E-state index contributed by atoms with van der Waals surface area (Å²) < 4.78 is 0. The van der Waals surface area contributed by atoms with Gasteiger partial charge in [-0.25, -0.2) is 0 Å². The van der Waals surface area contributed by atoms with Crippen molar-refractivity contribution in [2.24, 2.45) is 17.3 Å². The van der Waals surface area contributed by atoms with Crippen LogP contribution >= 0.6 is 0 Å². The minimum atomic E-state index is -0.494. The van der Waals surface area contributed by atoms with Crippen LogP contribution in [0.2, 0.25) is 0 Å². The molecule has 5 nitrogen and oxygen atoms in total. The first kappa shape index (κ1) is 16.7. The molecule has 128 valence electrons. The molecule has 0 aliphatic heterocycles. The fourth-order valence-corrected chi connectivity index (χ4v) is 4.41. The maximum atomic E-state index is 12.4. The summed E-state index contributed by atoms with van der Waals surface area (Å²) in [5.41, 5.74) is 1.93. The molecule has 0 spiro atoms. The second kappa shape index (κ2) is 6.75. The van der Waals surface area contributed by atoms with Gasteiger partial charge in [0, 0.05) is 17.9 Å². The highest BCUT2D eigenvalue weighted by Crippen LogP contribution is 2.60. The van der Waals surface area contributed by atoms with E-state index in [0.717, 1.165) is 24.8 Å². The third-order valence-corrected chi connectivity index (χ3v) is 5.57. The second-order valence-corrected chi connectivity index (χ2v) is 7.16. The lowest BCUT2D eigenvalue weighted by Gasteiger charge is -2.49. The van der Waals surface area contributed by atoms with Gasteiger partial charge in [-0.05, 0) is 36.7 Å². The fourth-order valence-electron chi connectivity index (χ4n) is 4.41. The Morgan fingerprint density at radius 2 is 2.12 bits per heavy atom. The zero-order valence-corrected chi connectivity index (χ0v) is 14.0. The van der Waals surface area contributed by atoms with E-state index in [-0.39, 0.29) is 29.7 Å². The Balaban J connectivity index is 1.64. The van der Waals surface area contributed by atoms with Crippen LogP contribution in [0.3, 0.4) is 0 Å². The number of nitrogens with zero attached hydrogens (tertiary/aromatic N) is 1. The van der Waals surface area contributed by atoms with Crippen LogP contribution in [0.5, 0.6) is 0 Å². The Morgan fingerprint density at radius 1 is 1.38 bits per heavy atom. The summed E-state index contributed by atoms with van der Waals surface area (Å²) in [4.78, 5) is 23.3. The Hall–Kier alpha value is -2.17. The number of hydrogen-bond donors (Lipinski definition) is 1. The number of amides is 1. The van der Waals surface area contributed by atoms with Gasteiger partial charge < -0.3 is 5.32 Å². The van der Waals surface area contributed by atoms with E-state index in [1.807, 2.05) is 30.3 Å². The summed E-state index contributed by atoms with van der Waals surface area (Å²) in [7, 11) is 0. The smallest absolute Gasteiger partial charge is 0.221 e. The maximum Gasteiger partial charge on any atom is 0.221 e. The molecule has 0 bridgehead atoms. The molecule has 1 saturated carbocycles. The van der Waals surface area contributed by atoms with Gasteiger partial charge in [-0.3, -0.25) is 14.9 Å². The number of benzene rings is 1. The molecule has 3 rings (SSSR count). The lowest BCUT2D eigenvalue weighted by atomic mass is 9.53. The molecule has 5 heteroatoms. The van der Waals surface area contributed by atoms with Crippen molar-refractivity contribution < 1.29 is 9.72 Å². The van der Waals surface area contributed by atoms with Gasteiger partial charge in [0.25, 0.3) is 0 Å². The largest absolute Gasteiger partial charge is 0.352 e. The molecule has 1 fully saturated rings. The van der Waals surface area contributed by atoms with Crippen molar-refractivity contribution in [2.75, 3.05) is 6.54 Å². The summed E-state index contributed by atoms with van der Waals surface area (Å²) >= 11 is 0. The van der Waals surface area contributed by atoms with E-state index in [4.69, 9.17) is 0 Å². The van der Waals surface area contributed by atoms with Gasteiger partial charge in [0.1, 0.15) is 0 Å². The number of fused-ring (bicyclic) bond motifs is 1. The zero-order chi connectivity index (χ0) is 17.2. The zero-order valence-electron chi connectivity index (χ0n) is 14.0. The van der Waals surface area contributed by atoms with Crippen molar-refractivity contribution in [1.29, 1.82) is 0 Å². The number of carbonyl (C=O) groups is 1. The highest BCUT2D eigenvalue weighted by Gasteiger charge is 2.58. The van der Waals surface area contributed by atoms with E-state index in [2.05, 4.69) is 18.3 Å². The van der Waals surface area contributed by atoms with Gasteiger partial charge in [-0.15, -0.1) is 0 Å². The molecule has 0 saturated heterocycles. The van der Waals surface area contributed by atoms with Crippen LogP contribution in [0, 0.1) is 27.4 Å². The highest BCUT2D eigenvalue weighted by molar-refractivity contribution is 5.77. The number of nitro groups is 1. The molecule has 0 unspecified atom stereocenters. The molecule has 0 aromatic heterocycles. The fraction of sp³-hybridized carbons (Fsp3) is 0.526. The summed E-state index contributed by atoms with van der Waals surface area (Å²) in [5.74, 6) is 0.611. The molecule has 1 aromatic carbocycles. The average Bonchev–Trinajstić information content (AvgIpc) is 2.91. The van der Waals surface area contributed by atoms with Crippen LogP contribution in [0.15, 0.2) is 42.0 Å². The van der Waals surface area contributed by atoms with Crippen LogP contribution in [-0.2, 0) is 11.3 Å². The van der Waals surface area contributed by atoms with Crippen molar-refractivity contribution >= 4 is 5.91 Å². The summed E-state index contributed by atoms with van der Waals surface area (Å²) in [6.07, 6.45) is 5.29. The monoisotopic (exact) mass is 328 g/mol. The normalized spacial score (nSPS) is 27.8. The van der Waals surface area contributed by atoms with E-state index in [1.165, 1.54) is 5.57 Å². The lowest BCUT2D eigenvalue weighted by molar-refractivity contribution is -0.505. The van der Waals surface area contributed by atoms with Gasteiger partial charge in [-0.2, -0.15) is 0 Å². The van der Waals surface area contributed by atoms with Crippen LogP contribution < -0.4 is 5.32 Å². The molecular formula is C19H24N2O3. The minimum absolute atomic E-state index is 0.0856. The molecular weight excluding hydrogens is 304 g/mol. The van der Waals surface area contributed by atoms with E-state index < -0.39 is 5.41 Å². The molecule has 2 aliphatic rings. The number of nitrogens with one attached hydrogen (secondary N) is 1. The average molecular weight is 328 g/mol. The topological polar surface area (TPSA) is 72.2 Å². The van der Waals surface area contributed by atoms with Crippen LogP contribution in [0.25, 0.3) is 0 Å². The van der Waals surface area contributed by atoms with Gasteiger partial charge in [0.15, 0.2) is 0 Å².